The van der Waals surface area contributed by atoms with Crippen LogP contribution >= 0.6 is 11.8 Å². The molecule has 0 spiro atoms. The zero-order valence-electron chi connectivity index (χ0n) is 10.1. The maximum Gasteiger partial charge on any atom is 0.210 e. The highest BCUT2D eigenvalue weighted by atomic mass is 32.2. The molecule has 0 atom stereocenters. The maximum atomic E-state index is 5.72. The summed E-state index contributed by atoms with van der Waals surface area (Å²) >= 11 is 1.70. The van der Waals surface area contributed by atoms with Gasteiger partial charge in [-0.25, -0.2) is 4.68 Å². The second-order valence-corrected chi connectivity index (χ2v) is 5.16. The Morgan fingerprint density at radius 2 is 2.39 bits per heavy atom. The van der Waals surface area contributed by atoms with E-state index in [0.29, 0.717) is 6.61 Å². The summed E-state index contributed by atoms with van der Waals surface area (Å²) in [6.45, 7) is 3.39. The number of nitrogens with one attached hydrogen (secondary N) is 1. The van der Waals surface area contributed by atoms with Crippen molar-refractivity contribution in [3.8, 4) is 5.75 Å². The fourth-order valence-corrected chi connectivity index (χ4v) is 2.57. The van der Waals surface area contributed by atoms with E-state index in [0.717, 1.165) is 29.0 Å². The van der Waals surface area contributed by atoms with Crippen LogP contribution in [0.15, 0.2) is 29.4 Å². The number of ether oxygens (including phenoxy) is 1. The maximum absolute atomic E-state index is 5.72. The van der Waals surface area contributed by atoms with Gasteiger partial charge in [-0.15, -0.1) is 10.2 Å². The van der Waals surface area contributed by atoms with Gasteiger partial charge in [-0.2, -0.15) is 0 Å². The summed E-state index contributed by atoms with van der Waals surface area (Å²) in [7, 11) is 0. The molecule has 6 heteroatoms. The number of hydrogen-bond acceptors (Lipinski definition) is 5. The Balaban J connectivity index is 1.72. The van der Waals surface area contributed by atoms with Crippen LogP contribution in [0, 0.1) is 6.92 Å². The van der Waals surface area contributed by atoms with Crippen molar-refractivity contribution in [2.75, 3.05) is 17.7 Å². The molecule has 0 amide bonds. The minimum atomic E-state index is 0.421. The first-order valence-corrected chi connectivity index (χ1v) is 6.82. The third kappa shape index (κ3) is 2.28. The van der Waals surface area contributed by atoms with Crippen molar-refractivity contribution in [2.24, 2.45) is 0 Å². The lowest BCUT2D eigenvalue weighted by Gasteiger charge is -2.16. The molecule has 0 bridgehead atoms. The highest BCUT2D eigenvalue weighted by Gasteiger charge is 2.16. The smallest absolute Gasteiger partial charge is 0.210 e. The molecule has 0 saturated heterocycles. The minimum Gasteiger partial charge on any atom is -0.486 e. The number of aromatic nitrogens is 3. The predicted octanol–water partition coefficient (Wildman–Crippen LogP) is 1.81. The van der Waals surface area contributed by atoms with Crippen molar-refractivity contribution in [3.63, 3.8) is 0 Å². The largest absolute Gasteiger partial charge is 0.486 e. The standard InChI is InChI=1S/C12H14N4OS/c1-9-3-2-4-10(7-9)17-8-11-14-15-12-16(11)13-5-6-18-12/h2-4,7,13H,5-6,8H2,1H3. The lowest BCUT2D eigenvalue weighted by atomic mass is 10.2. The molecule has 1 aromatic carbocycles. The van der Waals surface area contributed by atoms with Gasteiger partial charge in [0.25, 0.3) is 0 Å². The van der Waals surface area contributed by atoms with Crippen LogP contribution in [0.5, 0.6) is 5.75 Å². The predicted molar refractivity (Wildman–Crippen MR) is 70.5 cm³/mol. The first-order valence-electron chi connectivity index (χ1n) is 5.83. The average molecular weight is 262 g/mol. The fourth-order valence-electron chi connectivity index (χ4n) is 1.80. The van der Waals surface area contributed by atoms with Crippen molar-refractivity contribution < 1.29 is 4.74 Å². The monoisotopic (exact) mass is 262 g/mol. The van der Waals surface area contributed by atoms with Crippen LogP contribution in [0.4, 0.5) is 0 Å². The highest BCUT2D eigenvalue weighted by Crippen LogP contribution is 2.20. The van der Waals surface area contributed by atoms with Crippen LogP contribution in [-0.4, -0.2) is 27.2 Å². The van der Waals surface area contributed by atoms with Gasteiger partial charge in [0.05, 0.1) is 0 Å². The molecule has 1 aliphatic heterocycles. The lowest BCUT2D eigenvalue weighted by molar-refractivity contribution is 0.290. The molecular weight excluding hydrogens is 248 g/mol. The number of fused-ring (bicyclic) bond motifs is 1. The lowest BCUT2D eigenvalue weighted by Crippen LogP contribution is -2.25. The molecule has 5 nitrogen and oxygen atoms in total. The van der Waals surface area contributed by atoms with Crippen LogP contribution in [0.2, 0.25) is 0 Å². The average Bonchev–Trinajstić information content (AvgIpc) is 2.80. The molecule has 3 rings (SSSR count). The van der Waals surface area contributed by atoms with Gasteiger partial charge in [-0.1, -0.05) is 23.9 Å². The normalized spacial score (nSPS) is 13.8. The minimum absolute atomic E-state index is 0.421. The van der Waals surface area contributed by atoms with Gasteiger partial charge in [-0.05, 0) is 24.6 Å². The summed E-state index contributed by atoms with van der Waals surface area (Å²) in [5.41, 5.74) is 4.43. The first-order chi connectivity index (χ1) is 8.83. The van der Waals surface area contributed by atoms with E-state index in [-0.39, 0.29) is 0 Å². The van der Waals surface area contributed by atoms with Crippen molar-refractivity contribution >= 4 is 11.8 Å². The molecule has 2 aromatic rings. The Morgan fingerprint density at radius 1 is 1.44 bits per heavy atom. The number of benzene rings is 1. The molecule has 2 heterocycles. The van der Waals surface area contributed by atoms with E-state index in [1.54, 1.807) is 11.8 Å². The van der Waals surface area contributed by atoms with Gasteiger partial charge in [0, 0.05) is 12.3 Å². The van der Waals surface area contributed by atoms with Crippen molar-refractivity contribution in [1.82, 2.24) is 14.9 Å². The Morgan fingerprint density at radius 3 is 3.28 bits per heavy atom. The third-order valence-corrected chi connectivity index (χ3v) is 3.59. The van der Waals surface area contributed by atoms with Gasteiger partial charge in [0.1, 0.15) is 12.4 Å². The van der Waals surface area contributed by atoms with E-state index in [2.05, 4.69) is 15.6 Å². The zero-order chi connectivity index (χ0) is 12.4. The van der Waals surface area contributed by atoms with Crippen LogP contribution in [0.1, 0.15) is 11.4 Å². The van der Waals surface area contributed by atoms with Crippen LogP contribution in [0.25, 0.3) is 0 Å². The Bertz CT molecular complexity index is 555. The summed E-state index contributed by atoms with van der Waals surface area (Å²) in [6.07, 6.45) is 0. The number of hydrogen-bond donors (Lipinski definition) is 1. The molecule has 0 aliphatic carbocycles. The van der Waals surface area contributed by atoms with Gasteiger partial charge >= 0.3 is 0 Å². The number of nitrogens with zero attached hydrogens (tertiary/aromatic N) is 3. The van der Waals surface area contributed by atoms with Crippen molar-refractivity contribution in [2.45, 2.75) is 18.7 Å². The molecule has 0 saturated carbocycles. The molecule has 1 aliphatic rings. The molecule has 0 unspecified atom stereocenters. The molecule has 0 radical (unpaired) electrons. The quantitative estimate of drug-likeness (QED) is 0.914. The van der Waals surface area contributed by atoms with Crippen LogP contribution in [-0.2, 0) is 6.61 Å². The number of rotatable bonds is 3. The van der Waals surface area contributed by atoms with Crippen LogP contribution < -0.4 is 10.2 Å². The zero-order valence-corrected chi connectivity index (χ0v) is 10.9. The van der Waals surface area contributed by atoms with E-state index in [4.69, 9.17) is 4.74 Å². The third-order valence-electron chi connectivity index (χ3n) is 2.66. The van der Waals surface area contributed by atoms with E-state index in [9.17, 15) is 0 Å². The van der Waals surface area contributed by atoms with E-state index < -0.39 is 0 Å². The summed E-state index contributed by atoms with van der Waals surface area (Å²) in [4.78, 5) is 0. The van der Waals surface area contributed by atoms with E-state index in [1.807, 2.05) is 35.9 Å². The fraction of sp³-hybridized carbons (Fsp3) is 0.333. The van der Waals surface area contributed by atoms with Gasteiger partial charge in [-0.3, -0.25) is 0 Å². The summed E-state index contributed by atoms with van der Waals surface area (Å²) in [5, 5.41) is 9.17. The Kier molecular flexibility index (Phi) is 3.10. The SMILES string of the molecule is Cc1cccc(OCc2nnc3n2NCCS3)c1. The Labute approximate surface area is 110 Å². The van der Waals surface area contributed by atoms with Gasteiger partial charge < -0.3 is 10.2 Å². The van der Waals surface area contributed by atoms with Gasteiger partial charge in [0.15, 0.2) is 5.82 Å². The van der Waals surface area contributed by atoms with Gasteiger partial charge in [0.2, 0.25) is 5.16 Å². The van der Waals surface area contributed by atoms with Crippen molar-refractivity contribution in [1.29, 1.82) is 0 Å². The number of aryl methyl sites for hydroxylation is 1. The van der Waals surface area contributed by atoms with Crippen LogP contribution in [0.3, 0.4) is 0 Å². The molecular formula is C12H14N4OS. The Hall–Kier alpha value is -1.69. The molecule has 1 N–H and O–H groups in total. The van der Waals surface area contributed by atoms with Crippen molar-refractivity contribution in [3.05, 3.63) is 35.7 Å². The number of thioether (sulfide) groups is 1. The topological polar surface area (TPSA) is 52.0 Å². The second-order valence-electron chi connectivity index (χ2n) is 4.10. The van der Waals surface area contributed by atoms with E-state index >= 15 is 0 Å². The first kappa shape index (κ1) is 11.4. The molecule has 18 heavy (non-hydrogen) atoms. The molecule has 0 fully saturated rings. The van der Waals surface area contributed by atoms with E-state index in [1.165, 1.54) is 5.56 Å². The second kappa shape index (κ2) is 4.89. The summed E-state index contributed by atoms with van der Waals surface area (Å²) in [6, 6.07) is 7.99. The summed E-state index contributed by atoms with van der Waals surface area (Å²) in [5.74, 6) is 2.69. The molecule has 94 valence electrons. The molecule has 1 aromatic heterocycles. The highest BCUT2D eigenvalue weighted by molar-refractivity contribution is 7.99. The summed E-state index contributed by atoms with van der Waals surface area (Å²) < 4.78 is 7.63.